The van der Waals surface area contributed by atoms with Gasteiger partial charge in [-0.25, -0.2) is 0 Å². The largest absolute Gasteiger partial charge is 0.512 e. The number of ether oxygens (including phenoxy) is 2. The Morgan fingerprint density at radius 1 is 0.674 bits per heavy atom. The summed E-state index contributed by atoms with van der Waals surface area (Å²) in [7, 11) is 3.39. The summed E-state index contributed by atoms with van der Waals surface area (Å²) >= 11 is 0. The smallest absolute Gasteiger partial charge is 0.254 e. The van der Waals surface area contributed by atoms with E-state index in [1.807, 2.05) is 84.0 Å². The molecule has 1 amide bonds. The number of hydrogen-bond acceptors (Lipinski definition) is 4. The van der Waals surface area contributed by atoms with Gasteiger partial charge in [0.05, 0.1) is 25.6 Å². The SMILES string of the molecule is C/C(O)=C(/C)C(=O)Nc1ccccc1.CC.CC.CC.COc1cc(C)c2ccccc2c1C.COc1ccc(C)cc1. The van der Waals surface area contributed by atoms with E-state index in [1.54, 1.807) is 33.3 Å². The maximum atomic E-state index is 11.4. The van der Waals surface area contributed by atoms with E-state index in [9.17, 15) is 4.79 Å². The molecule has 4 aromatic carbocycles. The maximum absolute atomic E-state index is 11.4. The summed E-state index contributed by atoms with van der Waals surface area (Å²) in [5, 5.41) is 14.3. The van der Waals surface area contributed by atoms with Crippen LogP contribution in [0.3, 0.4) is 0 Å². The second-order valence-corrected chi connectivity index (χ2v) is 8.61. The third-order valence-electron chi connectivity index (χ3n) is 5.86. The van der Waals surface area contributed by atoms with Crippen molar-refractivity contribution in [2.24, 2.45) is 0 Å². The number of aliphatic hydroxyl groups is 1. The van der Waals surface area contributed by atoms with Crippen LogP contribution in [0.25, 0.3) is 10.8 Å². The third kappa shape index (κ3) is 15.0. The number of amides is 1. The van der Waals surface area contributed by atoms with Crippen molar-refractivity contribution in [3.63, 3.8) is 0 Å². The first kappa shape index (κ1) is 40.9. The molecule has 0 radical (unpaired) electrons. The number of methoxy groups -OCH3 is 2. The molecule has 2 N–H and O–H groups in total. The molecule has 0 aromatic heterocycles. The van der Waals surface area contributed by atoms with Gasteiger partial charge in [0.15, 0.2) is 0 Å². The van der Waals surface area contributed by atoms with Crippen molar-refractivity contribution in [3.8, 4) is 11.5 Å². The van der Waals surface area contributed by atoms with Crippen LogP contribution < -0.4 is 14.8 Å². The highest BCUT2D eigenvalue weighted by molar-refractivity contribution is 6.03. The molecule has 0 spiro atoms. The first-order valence-corrected chi connectivity index (χ1v) is 15.0. The van der Waals surface area contributed by atoms with Gasteiger partial charge in [-0.15, -0.1) is 0 Å². The number of hydrogen-bond donors (Lipinski definition) is 2. The van der Waals surface area contributed by atoms with Crippen LogP contribution in [-0.2, 0) is 4.79 Å². The molecule has 0 aliphatic rings. The maximum Gasteiger partial charge on any atom is 0.254 e. The lowest BCUT2D eigenvalue weighted by Gasteiger charge is -2.10. The minimum atomic E-state index is -0.281. The van der Waals surface area contributed by atoms with Crippen molar-refractivity contribution < 1.29 is 19.4 Å². The van der Waals surface area contributed by atoms with E-state index in [2.05, 4.69) is 56.4 Å². The van der Waals surface area contributed by atoms with Gasteiger partial charge in [-0.1, -0.05) is 102 Å². The van der Waals surface area contributed by atoms with Crippen LogP contribution in [-0.4, -0.2) is 25.2 Å². The summed E-state index contributed by atoms with van der Waals surface area (Å²) in [4.78, 5) is 11.4. The monoisotopic (exact) mass is 589 g/mol. The highest BCUT2D eigenvalue weighted by atomic mass is 16.5. The van der Waals surface area contributed by atoms with Gasteiger partial charge in [-0.3, -0.25) is 4.79 Å². The molecule has 0 unspecified atom stereocenters. The Hall–Kier alpha value is -4.25. The van der Waals surface area contributed by atoms with Crippen LogP contribution >= 0.6 is 0 Å². The lowest BCUT2D eigenvalue weighted by molar-refractivity contribution is -0.113. The Labute approximate surface area is 261 Å². The van der Waals surface area contributed by atoms with Gasteiger partial charge in [-0.2, -0.15) is 0 Å². The molecule has 43 heavy (non-hydrogen) atoms. The molecule has 5 heteroatoms. The molecule has 0 saturated heterocycles. The standard InChI is InChI=1S/C13H14O.C11H13NO2.C8H10O.3C2H6/c1-9-8-13(14-3)10(2)12-7-5-4-6-11(9)12;1-8(9(2)13)11(14)12-10-6-4-3-5-7-10;1-7-3-5-8(9-2)6-4-7;3*1-2/h4-8H,1-3H3;3-7,13H,1-2H3,(H,12,14);3-6H,1-2H3;3*1-2H3/b;9-8+;;;;. The van der Waals surface area contributed by atoms with E-state index in [4.69, 9.17) is 14.6 Å². The Bertz CT molecular complexity index is 1320. The number of allylic oxidation sites excluding steroid dienone is 1. The molecule has 0 fully saturated rings. The first-order chi connectivity index (χ1) is 20.7. The fourth-order valence-corrected chi connectivity index (χ4v) is 3.47. The first-order valence-electron chi connectivity index (χ1n) is 15.0. The van der Waals surface area contributed by atoms with Gasteiger partial charge >= 0.3 is 0 Å². The minimum absolute atomic E-state index is 0.0402. The van der Waals surface area contributed by atoms with Crippen molar-refractivity contribution in [3.05, 3.63) is 113 Å². The van der Waals surface area contributed by atoms with Crippen molar-refractivity contribution in [2.75, 3.05) is 19.5 Å². The third-order valence-corrected chi connectivity index (χ3v) is 5.86. The minimum Gasteiger partial charge on any atom is -0.512 e. The molecule has 0 saturated carbocycles. The van der Waals surface area contributed by atoms with Gasteiger partial charge in [-0.05, 0) is 86.8 Å². The van der Waals surface area contributed by atoms with Crippen LogP contribution in [0, 0.1) is 20.8 Å². The number of carbonyl (C=O) groups excluding carboxylic acids is 1. The summed E-state index contributed by atoms with van der Waals surface area (Å²) in [5.41, 5.74) is 4.79. The van der Waals surface area contributed by atoms with E-state index in [-0.39, 0.29) is 11.7 Å². The van der Waals surface area contributed by atoms with Crippen LogP contribution in [0.1, 0.15) is 72.1 Å². The molecule has 4 rings (SSSR count). The van der Waals surface area contributed by atoms with Crippen molar-refractivity contribution in [1.82, 2.24) is 0 Å². The van der Waals surface area contributed by atoms with E-state index in [1.165, 1.54) is 34.4 Å². The second kappa shape index (κ2) is 24.4. The number of anilines is 1. The number of benzene rings is 4. The molecule has 5 nitrogen and oxygen atoms in total. The summed E-state index contributed by atoms with van der Waals surface area (Å²) < 4.78 is 10.3. The summed E-state index contributed by atoms with van der Waals surface area (Å²) in [6.45, 7) is 21.3. The average Bonchev–Trinajstić information content (AvgIpc) is 3.06. The number of nitrogens with one attached hydrogen (secondary N) is 1. The molecule has 0 aliphatic carbocycles. The van der Waals surface area contributed by atoms with Gasteiger partial charge < -0.3 is 19.9 Å². The lowest BCUT2D eigenvalue weighted by Crippen LogP contribution is -2.13. The fourth-order valence-electron chi connectivity index (χ4n) is 3.47. The van der Waals surface area contributed by atoms with Gasteiger partial charge in [0, 0.05) is 5.69 Å². The fraction of sp³-hybridized carbons (Fsp3) is 0.342. The molecule has 0 heterocycles. The number of carbonyl (C=O) groups is 1. The molecule has 0 atom stereocenters. The van der Waals surface area contributed by atoms with E-state index < -0.39 is 0 Å². The molecule has 0 aliphatic heterocycles. The summed E-state index contributed by atoms with van der Waals surface area (Å²) in [5.74, 6) is 1.65. The summed E-state index contributed by atoms with van der Waals surface area (Å²) in [6.07, 6.45) is 0. The van der Waals surface area contributed by atoms with Crippen LogP contribution in [0.2, 0.25) is 0 Å². The average molecular weight is 590 g/mol. The van der Waals surface area contributed by atoms with Crippen molar-refractivity contribution >= 4 is 22.4 Å². The van der Waals surface area contributed by atoms with E-state index in [0.717, 1.165) is 17.2 Å². The number of aryl methyl sites for hydroxylation is 3. The Balaban J connectivity index is 0. The predicted octanol–water partition coefficient (Wildman–Crippen LogP) is 11.0. The Kier molecular flexibility index (Phi) is 23.2. The topological polar surface area (TPSA) is 67.8 Å². The van der Waals surface area contributed by atoms with E-state index >= 15 is 0 Å². The van der Waals surface area contributed by atoms with E-state index in [0.29, 0.717) is 5.57 Å². The van der Waals surface area contributed by atoms with Crippen LogP contribution in [0.5, 0.6) is 11.5 Å². The highest BCUT2D eigenvalue weighted by Gasteiger charge is 2.07. The zero-order valence-corrected chi connectivity index (χ0v) is 28.8. The Morgan fingerprint density at radius 3 is 1.63 bits per heavy atom. The number of rotatable bonds is 4. The van der Waals surface area contributed by atoms with Crippen LogP contribution in [0.15, 0.2) is 96.3 Å². The normalized spacial score (nSPS) is 9.60. The van der Waals surface area contributed by atoms with Crippen molar-refractivity contribution in [2.45, 2.75) is 76.2 Å². The molecule has 236 valence electrons. The van der Waals surface area contributed by atoms with Gasteiger partial charge in [0.25, 0.3) is 5.91 Å². The predicted molar refractivity (Wildman–Crippen MR) is 188 cm³/mol. The van der Waals surface area contributed by atoms with Crippen molar-refractivity contribution in [1.29, 1.82) is 0 Å². The quantitative estimate of drug-likeness (QED) is 0.183. The lowest BCUT2D eigenvalue weighted by atomic mass is 10.0. The number of aliphatic hydroxyl groups excluding tert-OH is 1. The molecule has 0 bridgehead atoms. The molecular weight excluding hydrogens is 534 g/mol. The number of para-hydroxylation sites is 1. The Morgan fingerprint density at radius 2 is 1.16 bits per heavy atom. The van der Waals surface area contributed by atoms with Gasteiger partial charge in [0.1, 0.15) is 11.5 Å². The highest BCUT2D eigenvalue weighted by Crippen LogP contribution is 2.29. The zero-order valence-electron chi connectivity index (χ0n) is 28.8. The molecular formula is C38H55NO4. The summed E-state index contributed by atoms with van der Waals surface area (Å²) in [6, 6.07) is 27.6. The molecule has 4 aromatic rings. The second-order valence-electron chi connectivity index (χ2n) is 8.61. The van der Waals surface area contributed by atoms with Crippen LogP contribution in [0.4, 0.5) is 5.69 Å². The zero-order chi connectivity index (χ0) is 33.4. The van der Waals surface area contributed by atoms with Gasteiger partial charge in [0.2, 0.25) is 0 Å². The number of fused-ring (bicyclic) bond motifs is 1.